The molecule has 7 heteroatoms. The maximum absolute atomic E-state index is 9.25. The summed E-state index contributed by atoms with van der Waals surface area (Å²) in [4.78, 5) is 0. The lowest BCUT2D eigenvalue weighted by molar-refractivity contribution is 0.380. The minimum absolute atomic E-state index is 0.109. The van der Waals surface area contributed by atoms with Crippen LogP contribution >= 0.6 is 7.94 Å². The van der Waals surface area contributed by atoms with E-state index in [1.807, 2.05) is 0 Å². The van der Waals surface area contributed by atoms with Gasteiger partial charge in [0.05, 0.1) is 0 Å². The maximum Gasteiger partial charge on any atom is 0.510 e. The summed E-state index contributed by atoms with van der Waals surface area (Å²) in [5, 5.41) is 18.5. The Labute approximate surface area is 124 Å². The smallest absolute Gasteiger partial charge is 0.508 e. The van der Waals surface area contributed by atoms with Gasteiger partial charge in [0.15, 0.2) is 17.3 Å². The molecular formula is C14H13BO5P+. The van der Waals surface area contributed by atoms with Gasteiger partial charge in [-0.2, -0.15) is 0 Å². The number of hydrogen-bond acceptors (Lipinski definition) is 5. The van der Waals surface area contributed by atoms with Gasteiger partial charge in [-0.15, -0.1) is 0 Å². The van der Waals surface area contributed by atoms with E-state index in [1.54, 1.807) is 24.3 Å². The first kappa shape index (κ1) is 15.2. The minimum Gasteiger partial charge on any atom is -0.508 e. The van der Waals surface area contributed by atoms with E-state index >= 15 is 0 Å². The van der Waals surface area contributed by atoms with Crippen molar-refractivity contribution in [1.82, 2.24) is 0 Å². The fourth-order valence-electron chi connectivity index (χ4n) is 1.49. The Kier molecular flexibility index (Phi) is 4.73. The highest BCUT2D eigenvalue weighted by Gasteiger charge is 2.43. The summed E-state index contributed by atoms with van der Waals surface area (Å²) in [6, 6.07) is 12.0. The third-order valence-electron chi connectivity index (χ3n) is 2.51. The van der Waals surface area contributed by atoms with Crippen LogP contribution in [0.4, 0.5) is 0 Å². The molecule has 2 rings (SSSR count). The molecule has 0 saturated carbocycles. The van der Waals surface area contributed by atoms with Crippen LogP contribution in [0.1, 0.15) is 0 Å². The summed E-state index contributed by atoms with van der Waals surface area (Å²) in [6.45, 7) is 3.63. The summed E-state index contributed by atoms with van der Waals surface area (Å²) in [5.41, 5.74) is 0. The Morgan fingerprint density at radius 1 is 0.857 bits per heavy atom. The third-order valence-corrected chi connectivity index (χ3v) is 4.18. The van der Waals surface area contributed by atoms with Gasteiger partial charge in [0.2, 0.25) is 0 Å². The molecular weight excluding hydrogens is 290 g/mol. The van der Waals surface area contributed by atoms with Crippen LogP contribution in [-0.4, -0.2) is 18.3 Å². The second-order valence-electron chi connectivity index (χ2n) is 4.00. The van der Waals surface area contributed by atoms with Crippen LogP contribution in [-0.2, 0) is 4.44 Å². The molecule has 0 spiro atoms. The van der Waals surface area contributed by atoms with Gasteiger partial charge >= 0.3 is 16.0 Å². The highest BCUT2D eigenvalue weighted by molar-refractivity contribution is 7.66. The Hall–Kier alpha value is -2.17. The first-order valence-corrected chi connectivity index (χ1v) is 7.56. The lowest BCUT2D eigenvalue weighted by Gasteiger charge is -2.18. The van der Waals surface area contributed by atoms with Crippen molar-refractivity contribution in [3.05, 3.63) is 60.9 Å². The number of hydrogen-bond donors (Lipinski definition) is 2. The molecule has 5 nitrogen and oxygen atoms in total. The van der Waals surface area contributed by atoms with E-state index in [1.165, 1.54) is 30.1 Å². The molecule has 2 N–H and O–H groups in total. The fraction of sp³-hybridized carbons (Fsp3) is 0. The lowest BCUT2D eigenvalue weighted by atomic mass is 10.3. The number of phenolic OH excluding ortho intramolecular Hbond substituents is 2. The maximum atomic E-state index is 9.25. The standard InChI is InChI=1S/C14H12BO5P/c1-2-21(20-15,18-13-7-3-11(16)4-8-13)19-14-9-5-12(17)6-10-14/h2-10H,1H2,(H-,16,17)/p+1. The second kappa shape index (κ2) is 6.52. The molecule has 2 aromatic carbocycles. The zero-order chi connectivity index (χ0) is 15.3. The summed E-state index contributed by atoms with van der Waals surface area (Å²) < 4.78 is 16.2. The van der Waals surface area contributed by atoms with E-state index in [2.05, 4.69) is 6.58 Å². The first-order valence-electron chi connectivity index (χ1n) is 5.95. The third kappa shape index (κ3) is 3.91. The highest BCUT2D eigenvalue weighted by atomic mass is 31.2. The first-order chi connectivity index (χ1) is 10.1. The Morgan fingerprint density at radius 3 is 1.52 bits per heavy atom. The molecule has 0 fully saturated rings. The van der Waals surface area contributed by atoms with Crippen molar-refractivity contribution >= 4 is 16.0 Å². The normalized spacial score (nSPS) is 10.9. The van der Waals surface area contributed by atoms with Gasteiger partial charge < -0.3 is 10.2 Å². The molecule has 0 atom stereocenters. The van der Waals surface area contributed by atoms with E-state index in [-0.39, 0.29) is 11.5 Å². The van der Waals surface area contributed by atoms with E-state index in [9.17, 15) is 10.2 Å². The molecule has 0 aliphatic carbocycles. The van der Waals surface area contributed by atoms with Gasteiger partial charge in [0.25, 0.3) is 0 Å². The summed E-state index contributed by atoms with van der Waals surface area (Å²) in [6.07, 6.45) is 0. The molecule has 0 saturated heterocycles. The molecule has 0 amide bonds. The van der Waals surface area contributed by atoms with Crippen molar-refractivity contribution in [3.63, 3.8) is 0 Å². The van der Waals surface area contributed by atoms with Crippen LogP contribution in [0.25, 0.3) is 0 Å². The van der Waals surface area contributed by atoms with E-state index in [0.717, 1.165) is 0 Å². The number of benzene rings is 2. The van der Waals surface area contributed by atoms with Gasteiger partial charge in [0.1, 0.15) is 11.5 Å². The van der Waals surface area contributed by atoms with Crippen molar-refractivity contribution in [3.8, 4) is 23.0 Å². The summed E-state index contributed by atoms with van der Waals surface area (Å²) >= 11 is 0. The molecule has 0 heterocycles. The zero-order valence-corrected chi connectivity index (χ0v) is 11.9. The number of aromatic hydroxyl groups is 2. The molecule has 2 aromatic rings. The van der Waals surface area contributed by atoms with Gasteiger partial charge in [-0.05, 0) is 48.5 Å². The average Bonchev–Trinajstić information content (AvgIpc) is 2.51. The van der Waals surface area contributed by atoms with E-state index in [0.29, 0.717) is 11.5 Å². The van der Waals surface area contributed by atoms with Crippen molar-refractivity contribution in [2.24, 2.45) is 0 Å². The SMILES string of the molecule is [B]O[P+](C=C)(Oc1ccc(O)cc1)Oc1ccc(O)cc1. The van der Waals surface area contributed by atoms with Crippen molar-refractivity contribution in [1.29, 1.82) is 0 Å². The van der Waals surface area contributed by atoms with Crippen LogP contribution in [0.3, 0.4) is 0 Å². The van der Waals surface area contributed by atoms with E-state index in [4.69, 9.17) is 21.5 Å². The summed E-state index contributed by atoms with van der Waals surface area (Å²) in [7, 11) is 2.25. The molecule has 2 radical (unpaired) electrons. The number of rotatable bonds is 6. The molecule has 0 bridgehead atoms. The quantitative estimate of drug-likeness (QED) is 0.631. The average molecular weight is 303 g/mol. The van der Waals surface area contributed by atoms with E-state index < -0.39 is 7.94 Å². The molecule has 0 aromatic heterocycles. The second-order valence-corrected chi connectivity index (χ2v) is 6.02. The van der Waals surface area contributed by atoms with Gasteiger partial charge in [-0.25, -0.2) is 4.44 Å². The molecule has 0 unspecified atom stereocenters. The van der Waals surface area contributed by atoms with Crippen LogP contribution in [0.2, 0.25) is 0 Å². The predicted octanol–water partition coefficient (Wildman–Crippen LogP) is 3.56. The van der Waals surface area contributed by atoms with Crippen LogP contribution in [0.5, 0.6) is 23.0 Å². The van der Waals surface area contributed by atoms with Crippen LogP contribution in [0.15, 0.2) is 60.9 Å². The van der Waals surface area contributed by atoms with Crippen LogP contribution < -0.4 is 9.05 Å². The highest BCUT2D eigenvalue weighted by Crippen LogP contribution is 2.61. The predicted molar refractivity (Wildman–Crippen MR) is 81.4 cm³/mol. The molecule has 21 heavy (non-hydrogen) atoms. The van der Waals surface area contributed by atoms with Crippen molar-refractivity contribution < 1.29 is 23.7 Å². The Morgan fingerprint density at radius 2 is 1.24 bits per heavy atom. The Bertz CT molecular complexity index is 552. The Balaban J connectivity index is 2.21. The molecule has 0 aliphatic rings. The zero-order valence-electron chi connectivity index (χ0n) is 11.0. The van der Waals surface area contributed by atoms with Gasteiger partial charge in [0, 0.05) is 0 Å². The molecule has 0 aliphatic heterocycles. The minimum atomic E-state index is -3.05. The monoisotopic (exact) mass is 303 g/mol. The molecule has 106 valence electrons. The lowest BCUT2D eigenvalue weighted by Crippen LogP contribution is -2.08. The van der Waals surface area contributed by atoms with Crippen molar-refractivity contribution in [2.45, 2.75) is 0 Å². The van der Waals surface area contributed by atoms with Gasteiger partial charge in [-0.3, -0.25) is 9.05 Å². The number of phenols is 2. The van der Waals surface area contributed by atoms with Crippen LogP contribution in [0, 0.1) is 0 Å². The van der Waals surface area contributed by atoms with Gasteiger partial charge in [-0.1, -0.05) is 6.58 Å². The van der Waals surface area contributed by atoms with Crippen molar-refractivity contribution in [2.75, 3.05) is 0 Å². The summed E-state index contributed by atoms with van der Waals surface area (Å²) in [5.74, 6) is 2.39. The largest absolute Gasteiger partial charge is 0.510 e. The fourth-order valence-corrected chi connectivity index (χ4v) is 2.68. The topological polar surface area (TPSA) is 68.2 Å².